The molecular weight excluding hydrogens is 172 g/mol. The Balaban J connectivity index is 2.42. The van der Waals surface area contributed by atoms with Crippen molar-refractivity contribution in [3.8, 4) is 0 Å². The van der Waals surface area contributed by atoms with Gasteiger partial charge in [0.15, 0.2) is 0 Å². The van der Waals surface area contributed by atoms with Crippen molar-refractivity contribution in [2.75, 3.05) is 18.4 Å². The molecule has 1 aliphatic rings. The van der Waals surface area contributed by atoms with Crippen molar-refractivity contribution >= 4 is 5.69 Å². The first-order chi connectivity index (χ1) is 6.74. The third kappa shape index (κ3) is 1.40. The summed E-state index contributed by atoms with van der Waals surface area (Å²) >= 11 is 0. The minimum atomic E-state index is 0.620. The van der Waals surface area contributed by atoms with Crippen LogP contribution in [-0.2, 0) is 0 Å². The average Bonchev–Trinajstić information content (AvgIpc) is 2.58. The van der Waals surface area contributed by atoms with Gasteiger partial charge in [0, 0.05) is 18.2 Å². The molecule has 2 nitrogen and oxygen atoms in total. The molecule has 2 heteroatoms. The van der Waals surface area contributed by atoms with Crippen LogP contribution in [0.2, 0.25) is 0 Å². The quantitative estimate of drug-likeness (QED) is 0.750. The summed E-state index contributed by atoms with van der Waals surface area (Å²) in [6, 6.07) is 4.40. The second-order valence-electron chi connectivity index (χ2n) is 4.14. The maximum Gasteiger partial charge on any atom is 0.0408 e. The number of fused-ring (bicyclic) bond motifs is 1. The molecule has 3 N–H and O–H groups in total. The first-order valence-electron chi connectivity index (χ1n) is 5.28. The highest BCUT2D eigenvalue weighted by atomic mass is 14.9. The first kappa shape index (κ1) is 9.53. The minimum absolute atomic E-state index is 0.620. The molecule has 0 fully saturated rings. The van der Waals surface area contributed by atoms with Crippen LogP contribution in [0, 0.1) is 13.8 Å². The van der Waals surface area contributed by atoms with Gasteiger partial charge in [-0.3, -0.25) is 0 Å². The van der Waals surface area contributed by atoms with Gasteiger partial charge in [-0.15, -0.1) is 0 Å². The molecule has 1 aromatic carbocycles. The van der Waals surface area contributed by atoms with Crippen molar-refractivity contribution < 1.29 is 0 Å². The van der Waals surface area contributed by atoms with Gasteiger partial charge in [0.1, 0.15) is 0 Å². The average molecular weight is 190 g/mol. The standard InChI is InChI=1S/C12H18N2/c1-8-3-4-9(2)12-11(8)10(5-6-13)7-14-12/h3-4,10,14H,5-7,13H2,1-2H3. The number of nitrogens with one attached hydrogen (secondary N) is 1. The maximum absolute atomic E-state index is 5.63. The lowest BCUT2D eigenvalue weighted by Crippen LogP contribution is -2.09. The predicted molar refractivity (Wildman–Crippen MR) is 60.8 cm³/mol. The number of hydrogen-bond donors (Lipinski definition) is 2. The Morgan fingerprint density at radius 2 is 2.07 bits per heavy atom. The summed E-state index contributed by atoms with van der Waals surface area (Å²) in [6.07, 6.45) is 1.09. The zero-order chi connectivity index (χ0) is 10.1. The first-order valence-corrected chi connectivity index (χ1v) is 5.28. The van der Waals surface area contributed by atoms with Crippen molar-refractivity contribution in [2.45, 2.75) is 26.2 Å². The van der Waals surface area contributed by atoms with Gasteiger partial charge in [0.05, 0.1) is 0 Å². The Morgan fingerprint density at radius 1 is 1.36 bits per heavy atom. The molecular formula is C12H18N2. The fourth-order valence-corrected chi connectivity index (χ4v) is 2.37. The molecule has 0 saturated carbocycles. The summed E-state index contributed by atoms with van der Waals surface area (Å²) in [7, 11) is 0. The van der Waals surface area contributed by atoms with Crippen LogP contribution in [0.25, 0.3) is 0 Å². The van der Waals surface area contributed by atoms with Crippen LogP contribution in [0.4, 0.5) is 5.69 Å². The molecule has 1 aliphatic heterocycles. The van der Waals surface area contributed by atoms with Gasteiger partial charge in [-0.2, -0.15) is 0 Å². The summed E-state index contributed by atoms with van der Waals surface area (Å²) in [5.41, 5.74) is 11.2. The van der Waals surface area contributed by atoms with Gasteiger partial charge < -0.3 is 11.1 Å². The molecule has 0 amide bonds. The molecule has 1 unspecified atom stereocenters. The van der Waals surface area contributed by atoms with Crippen molar-refractivity contribution in [3.05, 3.63) is 28.8 Å². The van der Waals surface area contributed by atoms with Crippen LogP contribution in [0.15, 0.2) is 12.1 Å². The van der Waals surface area contributed by atoms with Gasteiger partial charge >= 0.3 is 0 Å². The highest BCUT2D eigenvalue weighted by molar-refractivity contribution is 5.65. The van der Waals surface area contributed by atoms with E-state index in [4.69, 9.17) is 5.73 Å². The molecule has 1 heterocycles. The van der Waals surface area contributed by atoms with E-state index in [1.54, 1.807) is 0 Å². The monoisotopic (exact) mass is 190 g/mol. The molecule has 2 rings (SSSR count). The normalized spacial score (nSPS) is 19.2. The van der Waals surface area contributed by atoms with Gasteiger partial charge in [0.25, 0.3) is 0 Å². The van der Waals surface area contributed by atoms with Crippen molar-refractivity contribution in [1.29, 1.82) is 0 Å². The number of nitrogens with two attached hydrogens (primary N) is 1. The number of aryl methyl sites for hydroxylation is 2. The van der Waals surface area contributed by atoms with Gasteiger partial charge in [-0.05, 0) is 43.5 Å². The lowest BCUT2D eigenvalue weighted by Gasteiger charge is -2.12. The topological polar surface area (TPSA) is 38.0 Å². The number of hydrogen-bond acceptors (Lipinski definition) is 2. The van der Waals surface area contributed by atoms with Crippen molar-refractivity contribution in [3.63, 3.8) is 0 Å². The summed E-state index contributed by atoms with van der Waals surface area (Å²) in [6.45, 7) is 6.18. The van der Waals surface area contributed by atoms with Gasteiger partial charge in [0.2, 0.25) is 0 Å². The fourth-order valence-electron chi connectivity index (χ4n) is 2.37. The van der Waals surface area contributed by atoms with E-state index in [0.29, 0.717) is 5.92 Å². The predicted octanol–water partition coefficient (Wildman–Crippen LogP) is 2.16. The molecule has 1 atom stereocenters. The van der Waals surface area contributed by atoms with Crippen LogP contribution in [-0.4, -0.2) is 13.1 Å². The summed E-state index contributed by atoms with van der Waals surface area (Å²) in [5, 5.41) is 3.49. The zero-order valence-electron chi connectivity index (χ0n) is 8.93. The van der Waals surface area contributed by atoms with E-state index in [-0.39, 0.29) is 0 Å². The SMILES string of the molecule is Cc1ccc(C)c2c1NCC2CCN. The Bertz CT molecular complexity index is 344. The Morgan fingerprint density at radius 3 is 2.79 bits per heavy atom. The third-order valence-electron chi connectivity index (χ3n) is 3.12. The van der Waals surface area contributed by atoms with E-state index in [2.05, 4.69) is 31.3 Å². The molecule has 1 aromatic rings. The Kier molecular flexibility index (Phi) is 2.46. The lowest BCUT2D eigenvalue weighted by molar-refractivity contribution is 0.682. The third-order valence-corrected chi connectivity index (χ3v) is 3.12. The fraction of sp³-hybridized carbons (Fsp3) is 0.500. The molecule has 0 radical (unpaired) electrons. The highest BCUT2D eigenvalue weighted by Crippen LogP contribution is 2.37. The van der Waals surface area contributed by atoms with E-state index >= 15 is 0 Å². The highest BCUT2D eigenvalue weighted by Gasteiger charge is 2.24. The van der Waals surface area contributed by atoms with Crippen LogP contribution < -0.4 is 11.1 Å². The molecule has 0 aliphatic carbocycles. The van der Waals surface area contributed by atoms with Crippen LogP contribution in [0.5, 0.6) is 0 Å². The van der Waals surface area contributed by atoms with E-state index < -0.39 is 0 Å². The summed E-state index contributed by atoms with van der Waals surface area (Å²) in [4.78, 5) is 0. The lowest BCUT2D eigenvalue weighted by atomic mass is 9.92. The van der Waals surface area contributed by atoms with Gasteiger partial charge in [-0.25, -0.2) is 0 Å². The number of anilines is 1. The van der Waals surface area contributed by atoms with Crippen molar-refractivity contribution in [2.24, 2.45) is 5.73 Å². The molecule has 0 spiro atoms. The van der Waals surface area contributed by atoms with Gasteiger partial charge in [-0.1, -0.05) is 12.1 Å². The molecule has 0 aromatic heterocycles. The zero-order valence-corrected chi connectivity index (χ0v) is 8.93. The molecule has 14 heavy (non-hydrogen) atoms. The van der Waals surface area contributed by atoms with E-state index in [1.807, 2.05) is 0 Å². The number of benzene rings is 1. The number of rotatable bonds is 2. The molecule has 76 valence electrons. The Labute approximate surface area is 85.5 Å². The molecule has 0 saturated heterocycles. The van der Waals surface area contributed by atoms with Crippen LogP contribution in [0.1, 0.15) is 29.0 Å². The van der Waals surface area contributed by atoms with Crippen LogP contribution in [0.3, 0.4) is 0 Å². The second-order valence-corrected chi connectivity index (χ2v) is 4.14. The maximum atomic E-state index is 5.63. The van der Waals surface area contributed by atoms with E-state index in [1.165, 1.54) is 22.4 Å². The van der Waals surface area contributed by atoms with E-state index in [0.717, 1.165) is 19.5 Å². The second kappa shape index (κ2) is 3.62. The van der Waals surface area contributed by atoms with Crippen molar-refractivity contribution in [1.82, 2.24) is 0 Å². The summed E-state index contributed by atoms with van der Waals surface area (Å²) < 4.78 is 0. The van der Waals surface area contributed by atoms with Crippen LogP contribution >= 0.6 is 0 Å². The Hall–Kier alpha value is -1.02. The molecule has 0 bridgehead atoms. The minimum Gasteiger partial charge on any atom is -0.384 e. The smallest absolute Gasteiger partial charge is 0.0408 e. The van der Waals surface area contributed by atoms with E-state index in [9.17, 15) is 0 Å². The summed E-state index contributed by atoms with van der Waals surface area (Å²) in [5.74, 6) is 0.620. The largest absolute Gasteiger partial charge is 0.384 e.